The van der Waals surface area contributed by atoms with E-state index in [1.165, 1.54) is 4.90 Å². The first-order chi connectivity index (χ1) is 15.9. The number of benzene rings is 2. The van der Waals surface area contributed by atoms with Crippen molar-refractivity contribution in [3.63, 3.8) is 0 Å². The molecule has 1 aliphatic rings. The van der Waals surface area contributed by atoms with Crippen LogP contribution in [-0.4, -0.2) is 57.0 Å². The van der Waals surface area contributed by atoms with Gasteiger partial charge in [0.25, 0.3) is 5.91 Å². The first-order valence-electron chi connectivity index (χ1n) is 11.0. The lowest BCUT2D eigenvalue weighted by Crippen LogP contribution is -3.06. The van der Waals surface area contributed by atoms with Crippen LogP contribution in [0.4, 0.5) is 0 Å². The van der Waals surface area contributed by atoms with Crippen molar-refractivity contribution in [1.82, 2.24) is 4.90 Å². The fourth-order valence-corrected chi connectivity index (χ4v) is 3.75. The van der Waals surface area contributed by atoms with Gasteiger partial charge in [-0.25, -0.2) is 0 Å². The number of hydrogen-bond donors (Lipinski definition) is 1. The minimum atomic E-state index is -0.782. The van der Waals surface area contributed by atoms with E-state index < -0.39 is 23.5 Å². The molecule has 1 heterocycles. The summed E-state index contributed by atoms with van der Waals surface area (Å²) in [5, 5.41) is 13.5. The number of likely N-dealkylation sites (N-methyl/N-ethyl adjacent to an activating group) is 1. The summed E-state index contributed by atoms with van der Waals surface area (Å²) in [7, 11) is 3.94. The van der Waals surface area contributed by atoms with E-state index in [1.807, 2.05) is 21.0 Å². The van der Waals surface area contributed by atoms with Gasteiger partial charge in [0.05, 0.1) is 39.8 Å². The van der Waals surface area contributed by atoms with Crippen LogP contribution in [0.25, 0.3) is 5.76 Å². The molecular formula is C26H30N2O5. The quantitative estimate of drug-likeness (QED) is 0.253. The number of amides is 1. The van der Waals surface area contributed by atoms with Crippen molar-refractivity contribution in [1.29, 1.82) is 0 Å². The van der Waals surface area contributed by atoms with E-state index in [9.17, 15) is 14.7 Å². The minimum absolute atomic E-state index is 0.0428. The molecule has 2 aromatic rings. The van der Waals surface area contributed by atoms with Crippen molar-refractivity contribution in [2.45, 2.75) is 13.0 Å². The molecule has 174 valence electrons. The van der Waals surface area contributed by atoms with Crippen molar-refractivity contribution < 1.29 is 29.1 Å². The second-order valence-corrected chi connectivity index (χ2v) is 8.06. The lowest BCUT2D eigenvalue weighted by atomic mass is 9.95. The monoisotopic (exact) mass is 450 g/mol. The number of ether oxygens (including phenoxy) is 2. The van der Waals surface area contributed by atoms with Crippen LogP contribution in [0, 0.1) is 0 Å². The number of carbonyl (C=O) groups is 2. The third kappa shape index (κ3) is 5.43. The summed E-state index contributed by atoms with van der Waals surface area (Å²) < 4.78 is 11.1. The normalized spacial score (nSPS) is 17.5. The Morgan fingerprint density at radius 1 is 1.12 bits per heavy atom. The number of quaternary nitrogens is 1. The third-order valence-electron chi connectivity index (χ3n) is 5.35. The van der Waals surface area contributed by atoms with Gasteiger partial charge >= 0.3 is 0 Å². The van der Waals surface area contributed by atoms with Crippen molar-refractivity contribution in [3.05, 3.63) is 77.9 Å². The topological polar surface area (TPSA) is 83.3 Å². The molecule has 0 radical (unpaired) electrons. The highest BCUT2D eigenvalue weighted by atomic mass is 16.5. The highest BCUT2D eigenvalue weighted by Crippen LogP contribution is 2.39. The number of likely N-dealkylation sites (tertiary alicyclic amines) is 1. The van der Waals surface area contributed by atoms with E-state index in [0.29, 0.717) is 48.9 Å². The van der Waals surface area contributed by atoms with Crippen LogP contribution in [0.5, 0.6) is 11.5 Å². The van der Waals surface area contributed by atoms with E-state index in [4.69, 9.17) is 9.47 Å². The molecule has 1 amide bonds. The van der Waals surface area contributed by atoms with Gasteiger partial charge in [0.15, 0.2) is 0 Å². The van der Waals surface area contributed by atoms with Gasteiger partial charge < -0.3 is 24.4 Å². The maximum atomic E-state index is 13.5. The second-order valence-electron chi connectivity index (χ2n) is 8.06. The zero-order valence-corrected chi connectivity index (χ0v) is 19.3. The van der Waals surface area contributed by atoms with Crippen molar-refractivity contribution in [2.24, 2.45) is 0 Å². The van der Waals surface area contributed by atoms with Gasteiger partial charge in [-0.2, -0.15) is 0 Å². The summed E-state index contributed by atoms with van der Waals surface area (Å²) in [6, 6.07) is 13.0. The Balaban J connectivity index is 2.09. The Morgan fingerprint density at radius 3 is 2.48 bits per heavy atom. The zero-order chi connectivity index (χ0) is 24.0. The van der Waals surface area contributed by atoms with E-state index in [2.05, 4.69) is 6.58 Å². The number of nitrogens with zero attached hydrogens (tertiary/aromatic N) is 1. The molecule has 0 aromatic heterocycles. The maximum absolute atomic E-state index is 13.5. The molecule has 1 fully saturated rings. The number of nitrogens with one attached hydrogen (secondary N) is 1. The molecule has 1 saturated heterocycles. The van der Waals surface area contributed by atoms with Gasteiger partial charge in [0, 0.05) is 5.57 Å². The highest BCUT2D eigenvalue weighted by Gasteiger charge is 2.44. The molecule has 0 spiro atoms. The second kappa shape index (κ2) is 10.8. The van der Waals surface area contributed by atoms with Crippen molar-refractivity contribution in [3.8, 4) is 11.5 Å². The first-order valence-corrected chi connectivity index (χ1v) is 11.0. The van der Waals surface area contributed by atoms with Crippen LogP contribution in [0.3, 0.4) is 0 Å². The molecule has 1 unspecified atom stereocenters. The largest absolute Gasteiger partial charge is 0.872 e. The van der Waals surface area contributed by atoms with Crippen LogP contribution in [0.2, 0.25) is 0 Å². The lowest BCUT2D eigenvalue weighted by Gasteiger charge is -2.28. The average Bonchev–Trinajstić information content (AvgIpc) is 3.06. The van der Waals surface area contributed by atoms with Gasteiger partial charge in [0.2, 0.25) is 5.78 Å². The molecule has 0 saturated carbocycles. The van der Waals surface area contributed by atoms with Gasteiger partial charge in [-0.1, -0.05) is 42.7 Å². The fraction of sp³-hybridized carbons (Fsp3) is 0.308. The summed E-state index contributed by atoms with van der Waals surface area (Å²) in [5.74, 6) is -0.672. The molecule has 33 heavy (non-hydrogen) atoms. The Morgan fingerprint density at radius 2 is 1.85 bits per heavy atom. The van der Waals surface area contributed by atoms with Crippen LogP contribution >= 0.6 is 0 Å². The molecule has 1 aliphatic heterocycles. The molecule has 3 rings (SSSR count). The first kappa shape index (κ1) is 24.1. The van der Waals surface area contributed by atoms with E-state index in [0.717, 1.165) is 4.90 Å². The molecule has 1 atom stereocenters. The van der Waals surface area contributed by atoms with Crippen LogP contribution in [0.1, 0.15) is 24.1 Å². The maximum Gasteiger partial charge on any atom is 0.295 e. The highest BCUT2D eigenvalue weighted by molar-refractivity contribution is 6.46. The zero-order valence-electron chi connectivity index (χ0n) is 19.3. The van der Waals surface area contributed by atoms with E-state index >= 15 is 0 Å². The number of rotatable bonds is 10. The van der Waals surface area contributed by atoms with Crippen molar-refractivity contribution >= 4 is 17.4 Å². The minimum Gasteiger partial charge on any atom is -0.872 e. The summed E-state index contributed by atoms with van der Waals surface area (Å²) in [5.41, 5.74) is 0.941. The van der Waals surface area contributed by atoms with Crippen molar-refractivity contribution in [2.75, 3.05) is 40.4 Å². The van der Waals surface area contributed by atoms with Gasteiger partial charge in [-0.15, -0.1) is 0 Å². The molecule has 0 aliphatic carbocycles. The number of hydrogen-bond acceptors (Lipinski definition) is 5. The van der Waals surface area contributed by atoms with Crippen LogP contribution in [0.15, 0.2) is 66.8 Å². The standard InChI is InChI=1S/C26H30N2O5/c1-5-16-33-21-9-7-8-19(17-21)23-22(25(30)26(31)28(23)15-14-27(3)4)24(29)18-10-12-20(13-11-18)32-6-2/h5,7-13,17,23,29H,1,6,14-16H2,2-4H3/b24-22+. The Hall–Kier alpha value is -3.58. The SMILES string of the molecule is C=CCOc1cccc(C2/C(=C(\[O-])c3ccc(OCC)cc3)C(=O)C(=O)N2CC[NH+](C)C)c1. The lowest BCUT2D eigenvalue weighted by molar-refractivity contribution is -0.857. The number of carbonyl (C=O) groups excluding carboxylic acids is 2. The Labute approximate surface area is 194 Å². The van der Waals surface area contributed by atoms with E-state index in [-0.39, 0.29) is 5.57 Å². The fourth-order valence-electron chi connectivity index (χ4n) is 3.75. The summed E-state index contributed by atoms with van der Waals surface area (Å²) >= 11 is 0. The van der Waals surface area contributed by atoms with Gasteiger partial charge in [0.1, 0.15) is 18.1 Å². The smallest absolute Gasteiger partial charge is 0.295 e. The average molecular weight is 451 g/mol. The number of ketones is 1. The molecule has 1 N–H and O–H groups in total. The molecule has 2 aromatic carbocycles. The Bertz CT molecular complexity index is 1040. The van der Waals surface area contributed by atoms with Crippen LogP contribution in [-0.2, 0) is 9.59 Å². The molecule has 0 bridgehead atoms. The van der Waals surface area contributed by atoms with E-state index in [1.54, 1.807) is 54.6 Å². The summed E-state index contributed by atoms with van der Waals surface area (Å²) in [6.07, 6.45) is 1.63. The number of Topliss-reactive ketones (excluding diaryl/α,β-unsaturated/α-hetero) is 1. The Kier molecular flexibility index (Phi) is 7.90. The van der Waals surface area contributed by atoms with Gasteiger partial charge in [-0.05, 0) is 42.3 Å². The molecule has 7 heteroatoms. The predicted molar refractivity (Wildman–Crippen MR) is 124 cm³/mol. The third-order valence-corrected chi connectivity index (χ3v) is 5.35. The molecular weight excluding hydrogens is 420 g/mol. The summed E-state index contributed by atoms with van der Waals surface area (Å²) in [4.78, 5) is 28.7. The summed E-state index contributed by atoms with van der Waals surface area (Å²) in [6.45, 7) is 7.33. The molecule has 7 nitrogen and oxygen atoms in total. The predicted octanol–water partition coefficient (Wildman–Crippen LogP) is 1.02. The van der Waals surface area contributed by atoms with Crippen LogP contribution < -0.4 is 19.5 Å². The van der Waals surface area contributed by atoms with Gasteiger partial charge in [-0.3, -0.25) is 9.59 Å².